The average molecular weight is 307 g/mol. The zero-order valence-electron chi connectivity index (χ0n) is 12.3. The zero-order valence-corrected chi connectivity index (χ0v) is 13.1. The number of benzene rings is 1. The van der Waals surface area contributed by atoms with Crippen molar-refractivity contribution in [1.29, 1.82) is 0 Å². The fraction of sp³-hybridized carbons (Fsp3) is 0.438. The molecule has 21 heavy (non-hydrogen) atoms. The summed E-state index contributed by atoms with van der Waals surface area (Å²) in [5.41, 5.74) is 3.72. The lowest BCUT2D eigenvalue weighted by molar-refractivity contribution is 0.0339. The van der Waals surface area contributed by atoms with Crippen LogP contribution in [0.5, 0.6) is 0 Å². The third-order valence-electron chi connectivity index (χ3n) is 4.07. The van der Waals surface area contributed by atoms with Gasteiger partial charge in [0, 0.05) is 41.3 Å². The van der Waals surface area contributed by atoms with Gasteiger partial charge >= 0.3 is 0 Å². The molecule has 1 aliphatic heterocycles. The van der Waals surface area contributed by atoms with Crippen molar-refractivity contribution in [1.82, 2.24) is 9.88 Å². The summed E-state index contributed by atoms with van der Waals surface area (Å²) < 4.78 is 5.35. The molecule has 2 heterocycles. The number of H-pyrrole nitrogens is 1. The molecule has 2 aromatic rings. The average Bonchev–Trinajstić information content (AvgIpc) is 2.46. The highest BCUT2D eigenvalue weighted by Crippen LogP contribution is 2.21. The molecule has 0 radical (unpaired) electrons. The quantitative estimate of drug-likeness (QED) is 0.927. The Hall–Kier alpha value is -1.36. The summed E-state index contributed by atoms with van der Waals surface area (Å²) in [5, 5.41) is 1.28. The highest BCUT2D eigenvalue weighted by molar-refractivity contribution is 6.31. The largest absolute Gasteiger partial charge is 0.379 e. The molecule has 5 heteroatoms. The third-order valence-corrected chi connectivity index (χ3v) is 4.29. The lowest BCUT2D eigenvalue weighted by Gasteiger charge is -2.27. The van der Waals surface area contributed by atoms with Crippen molar-refractivity contribution >= 4 is 22.5 Å². The number of aromatic amines is 1. The number of morpholine rings is 1. The van der Waals surface area contributed by atoms with Crippen molar-refractivity contribution in [3.8, 4) is 0 Å². The molecule has 3 rings (SSSR count). The normalized spacial score (nSPS) is 16.5. The van der Waals surface area contributed by atoms with Gasteiger partial charge in [-0.25, -0.2) is 0 Å². The van der Waals surface area contributed by atoms with Crippen LogP contribution in [-0.4, -0.2) is 36.2 Å². The van der Waals surface area contributed by atoms with E-state index >= 15 is 0 Å². The minimum absolute atomic E-state index is 0.0818. The number of nitrogens with zero attached hydrogens (tertiary/aromatic N) is 1. The van der Waals surface area contributed by atoms with Crippen LogP contribution < -0.4 is 5.43 Å². The molecule has 1 aromatic heterocycles. The van der Waals surface area contributed by atoms with Crippen LogP contribution in [0.15, 0.2) is 16.9 Å². The van der Waals surface area contributed by atoms with Crippen LogP contribution in [0.1, 0.15) is 16.8 Å². The highest BCUT2D eigenvalue weighted by atomic mass is 35.5. The Labute approximate surface area is 128 Å². The number of aryl methyl sites for hydroxylation is 2. The molecule has 112 valence electrons. The predicted molar refractivity (Wildman–Crippen MR) is 85.1 cm³/mol. The SMILES string of the molecule is Cc1[nH]c2c(C)cc(Cl)cc2c(=O)c1CN1CCOCC1. The number of hydrogen-bond donors (Lipinski definition) is 1. The summed E-state index contributed by atoms with van der Waals surface area (Å²) in [4.78, 5) is 18.4. The molecule has 0 amide bonds. The second kappa shape index (κ2) is 5.79. The van der Waals surface area contributed by atoms with Gasteiger partial charge in [0.15, 0.2) is 5.43 Å². The zero-order chi connectivity index (χ0) is 15.0. The molecule has 1 saturated heterocycles. The van der Waals surface area contributed by atoms with Gasteiger partial charge in [-0.3, -0.25) is 9.69 Å². The maximum absolute atomic E-state index is 12.8. The Bertz CT molecular complexity index is 733. The number of ether oxygens (including phenoxy) is 1. The van der Waals surface area contributed by atoms with Crippen LogP contribution >= 0.6 is 11.6 Å². The Balaban J connectivity index is 2.08. The maximum Gasteiger partial charge on any atom is 0.194 e. The van der Waals surface area contributed by atoms with E-state index in [9.17, 15) is 4.79 Å². The first kappa shape index (κ1) is 14.6. The third kappa shape index (κ3) is 2.84. The van der Waals surface area contributed by atoms with Gasteiger partial charge in [-0.15, -0.1) is 0 Å². The van der Waals surface area contributed by atoms with Crippen molar-refractivity contribution in [3.63, 3.8) is 0 Å². The molecule has 1 N–H and O–H groups in total. The Morgan fingerprint density at radius 1 is 1.29 bits per heavy atom. The van der Waals surface area contributed by atoms with Crippen LogP contribution in [-0.2, 0) is 11.3 Å². The summed E-state index contributed by atoms with van der Waals surface area (Å²) in [5.74, 6) is 0. The topological polar surface area (TPSA) is 45.3 Å². The first-order valence-corrected chi connectivity index (χ1v) is 7.56. The molecule has 1 aromatic carbocycles. The fourth-order valence-electron chi connectivity index (χ4n) is 2.86. The molecular formula is C16H19ClN2O2. The lowest BCUT2D eigenvalue weighted by Crippen LogP contribution is -2.37. The van der Waals surface area contributed by atoms with Gasteiger partial charge in [0.05, 0.1) is 18.7 Å². The molecular weight excluding hydrogens is 288 g/mol. The molecule has 0 bridgehead atoms. The number of hydrogen-bond acceptors (Lipinski definition) is 3. The second-order valence-corrected chi connectivity index (χ2v) is 6.03. The first-order chi connectivity index (χ1) is 10.1. The number of aromatic nitrogens is 1. The Morgan fingerprint density at radius 2 is 2.00 bits per heavy atom. The standard InChI is InChI=1S/C16H19ClN2O2/c1-10-7-12(17)8-13-15(10)18-11(2)14(16(13)20)9-19-3-5-21-6-4-19/h7-8H,3-6,9H2,1-2H3,(H,18,20). The van der Waals surface area contributed by atoms with E-state index in [1.807, 2.05) is 19.9 Å². The van der Waals surface area contributed by atoms with Gasteiger partial charge in [-0.1, -0.05) is 11.6 Å². The molecule has 1 aliphatic rings. The highest BCUT2D eigenvalue weighted by Gasteiger charge is 2.16. The van der Waals surface area contributed by atoms with E-state index in [-0.39, 0.29) is 5.43 Å². The van der Waals surface area contributed by atoms with E-state index in [2.05, 4.69) is 9.88 Å². The van der Waals surface area contributed by atoms with Crippen LogP contribution in [0.2, 0.25) is 5.02 Å². The summed E-state index contributed by atoms with van der Waals surface area (Å²) in [6.45, 7) is 7.78. The Kier molecular flexibility index (Phi) is 4.02. The van der Waals surface area contributed by atoms with Crippen molar-refractivity contribution in [2.45, 2.75) is 20.4 Å². The van der Waals surface area contributed by atoms with E-state index in [4.69, 9.17) is 16.3 Å². The van der Waals surface area contributed by atoms with Crippen molar-refractivity contribution < 1.29 is 4.74 Å². The summed E-state index contributed by atoms with van der Waals surface area (Å²) in [6, 6.07) is 3.63. The lowest BCUT2D eigenvalue weighted by atomic mass is 10.1. The molecule has 0 atom stereocenters. The molecule has 0 aliphatic carbocycles. The van der Waals surface area contributed by atoms with E-state index in [0.29, 0.717) is 17.0 Å². The van der Waals surface area contributed by atoms with E-state index in [1.54, 1.807) is 6.07 Å². The monoisotopic (exact) mass is 306 g/mol. The number of fused-ring (bicyclic) bond motifs is 1. The number of rotatable bonds is 2. The molecule has 0 spiro atoms. The van der Waals surface area contributed by atoms with Gasteiger partial charge in [-0.05, 0) is 31.5 Å². The summed E-state index contributed by atoms with van der Waals surface area (Å²) >= 11 is 6.10. The molecule has 0 unspecified atom stereocenters. The first-order valence-electron chi connectivity index (χ1n) is 7.18. The van der Waals surface area contributed by atoms with Gasteiger partial charge in [-0.2, -0.15) is 0 Å². The molecule has 4 nitrogen and oxygen atoms in total. The fourth-order valence-corrected chi connectivity index (χ4v) is 3.13. The van der Waals surface area contributed by atoms with Gasteiger partial charge < -0.3 is 9.72 Å². The van der Waals surface area contributed by atoms with Crippen LogP contribution in [0.3, 0.4) is 0 Å². The molecule has 1 fully saturated rings. The van der Waals surface area contributed by atoms with Crippen molar-refractivity contribution in [3.05, 3.63) is 44.2 Å². The van der Waals surface area contributed by atoms with Crippen LogP contribution in [0.25, 0.3) is 10.9 Å². The minimum Gasteiger partial charge on any atom is -0.379 e. The van der Waals surface area contributed by atoms with Gasteiger partial charge in [0.1, 0.15) is 0 Å². The smallest absolute Gasteiger partial charge is 0.194 e. The van der Waals surface area contributed by atoms with Crippen molar-refractivity contribution in [2.75, 3.05) is 26.3 Å². The predicted octanol–water partition coefficient (Wildman–Crippen LogP) is 2.63. The minimum atomic E-state index is 0.0818. The van der Waals surface area contributed by atoms with Crippen LogP contribution in [0, 0.1) is 13.8 Å². The summed E-state index contributed by atoms with van der Waals surface area (Å²) in [6.07, 6.45) is 0. The van der Waals surface area contributed by atoms with E-state index in [0.717, 1.165) is 48.6 Å². The van der Waals surface area contributed by atoms with Crippen molar-refractivity contribution in [2.24, 2.45) is 0 Å². The van der Waals surface area contributed by atoms with Crippen LogP contribution in [0.4, 0.5) is 0 Å². The van der Waals surface area contributed by atoms with Gasteiger partial charge in [0.2, 0.25) is 0 Å². The number of pyridine rings is 1. The van der Waals surface area contributed by atoms with E-state index in [1.165, 1.54) is 0 Å². The Morgan fingerprint density at radius 3 is 2.71 bits per heavy atom. The number of halogens is 1. The van der Waals surface area contributed by atoms with Gasteiger partial charge in [0.25, 0.3) is 0 Å². The summed E-state index contributed by atoms with van der Waals surface area (Å²) in [7, 11) is 0. The maximum atomic E-state index is 12.8. The second-order valence-electron chi connectivity index (χ2n) is 5.59. The molecule has 0 saturated carbocycles. The number of nitrogens with one attached hydrogen (secondary N) is 1. The van der Waals surface area contributed by atoms with E-state index < -0.39 is 0 Å².